The van der Waals surface area contributed by atoms with Crippen LogP contribution in [0.5, 0.6) is 5.75 Å². The molecule has 0 fully saturated rings. The van der Waals surface area contributed by atoms with Gasteiger partial charge in [0.2, 0.25) is 0 Å². The maximum atomic E-state index is 11.9. The summed E-state index contributed by atoms with van der Waals surface area (Å²) in [6.07, 6.45) is 3.17. The molecular weight excluding hydrogens is 488 g/mol. The molecular formula is C21H22Br2N2O3. The first-order valence-corrected chi connectivity index (χ1v) is 10.7. The quantitative estimate of drug-likeness (QED) is 0.367. The lowest BCUT2D eigenvalue weighted by Gasteiger charge is -2.18. The number of aromatic nitrogens is 1. The zero-order valence-corrected chi connectivity index (χ0v) is 18.6. The van der Waals surface area contributed by atoms with Crippen LogP contribution in [0.1, 0.15) is 24.5 Å². The van der Waals surface area contributed by atoms with E-state index in [-0.39, 0.29) is 0 Å². The number of para-hydroxylation sites is 1. The largest absolute Gasteiger partial charge is 0.492 e. The van der Waals surface area contributed by atoms with Crippen molar-refractivity contribution in [2.24, 2.45) is 0 Å². The number of nitrogens with one attached hydrogen (secondary N) is 2. The molecule has 0 saturated carbocycles. The van der Waals surface area contributed by atoms with E-state index in [2.05, 4.69) is 42.2 Å². The average molecular weight is 510 g/mol. The molecule has 3 N–H and O–H groups in total. The Balaban J connectivity index is 1.78. The molecule has 2 aromatic carbocycles. The van der Waals surface area contributed by atoms with Gasteiger partial charge >= 0.3 is 5.97 Å². The number of carboxylic acids is 1. The van der Waals surface area contributed by atoms with Crippen molar-refractivity contribution in [2.45, 2.75) is 32.4 Å². The lowest BCUT2D eigenvalue weighted by atomic mass is 10.0. The number of hydrogen-bond acceptors (Lipinski definition) is 3. The number of carboxylic acid groups (broad SMARTS) is 1. The van der Waals surface area contributed by atoms with Gasteiger partial charge in [0, 0.05) is 40.1 Å². The highest BCUT2D eigenvalue weighted by molar-refractivity contribution is 9.11. The molecule has 28 heavy (non-hydrogen) atoms. The SMILES string of the molecule is CCCOc1c(Br)cc(Br)cc1CNC(Cc1c[nH]c2ccccc12)C(=O)O. The van der Waals surface area contributed by atoms with Gasteiger partial charge in [-0.1, -0.05) is 41.1 Å². The number of hydrogen-bond donors (Lipinski definition) is 3. The van der Waals surface area contributed by atoms with Gasteiger partial charge in [0.1, 0.15) is 11.8 Å². The predicted octanol–water partition coefficient (Wildman–Crippen LogP) is 5.27. The van der Waals surface area contributed by atoms with Crippen LogP contribution in [0.15, 0.2) is 51.5 Å². The van der Waals surface area contributed by atoms with Gasteiger partial charge < -0.3 is 14.8 Å². The van der Waals surface area contributed by atoms with Crippen LogP contribution in [-0.4, -0.2) is 28.7 Å². The summed E-state index contributed by atoms with van der Waals surface area (Å²) in [6.45, 7) is 3.04. The number of H-pyrrole nitrogens is 1. The third-order valence-electron chi connectivity index (χ3n) is 4.47. The molecule has 0 spiro atoms. The summed E-state index contributed by atoms with van der Waals surface area (Å²) in [5.41, 5.74) is 2.89. The van der Waals surface area contributed by atoms with Gasteiger partial charge in [-0.25, -0.2) is 0 Å². The second-order valence-corrected chi connectivity index (χ2v) is 8.33. The van der Waals surface area contributed by atoms with E-state index in [1.165, 1.54) is 0 Å². The van der Waals surface area contributed by atoms with Crippen LogP contribution in [0.25, 0.3) is 10.9 Å². The van der Waals surface area contributed by atoms with Crippen molar-refractivity contribution in [1.82, 2.24) is 10.3 Å². The Hall–Kier alpha value is -1.83. The van der Waals surface area contributed by atoms with E-state index in [4.69, 9.17) is 4.74 Å². The van der Waals surface area contributed by atoms with E-state index < -0.39 is 12.0 Å². The normalized spacial score (nSPS) is 12.2. The Morgan fingerprint density at radius 1 is 1.25 bits per heavy atom. The van der Waals surface area contributed by atoms with Gasteiger partial charge in [-0.05, 0) is 46.1 Å². The Morgan fingerprint density at radius 3 is 2.79 bits per heavy atom. The molecule has 0 aliphatic carbocycles. The summed E-state index contributed by atoms with van der Waals surface area (Å²) in [4.78, 5) is 15.1. The molecule has 1 heterocycles. The molecule has 0 bridgehead atoms. The van der Waals surface area contributed by atoms with Crippen LogP contribution in [0, 0.1) is 0 Å². The summed E-state index contributed by atoms with van der Waals surface area (Å²) in [5, 5.41) is 13.9. The number of fused-ring (bicyclic) bond motifs is 1. The zero-order valence-electron chi connectivity index (χ0n) is 15.5. The van der Waals surface area contributed by atoms with Crippen molar-refractivity contribution in [3.8, 4) is 5.75 Å². The third kappa shape index (κ3) is 4.96. The molecule has 1 atom stereocenters. The van der Waals surface area contributed by atoms with E-state index in [1.807, 2.05) is 49.5 Å². The molecule has 5 nitrogen and oxygen atoms in total. The van der Waals surface area contributed by atoms with Crippen molar-refractivity contribution >= 4 is 48.7 Å². The topological polar surface area (TPSA) is 74.3 Å². The molecule has 3 rings (SSSR count). The molecule has 0 radical (unpaired) electrons. The highest BCUT2D eigenvalue weighted by atomic mass is 79.9. The predicted molar refractivity (Wildman–Crippen MR) is 118 cm³/mol. The van der Waals surface area contributed by atoms with Crippen molar-refractivity contribution in [3.63, 3.8) is 0 Å². The van der Waals surface area contributed by atoms with E-state index in [0.717, 1.165) is 43.1 Å². The lowest BCUT2D eigenvalue weighted by Crippen LogP contribution is -2.38. The molecule has 1 aromatic heterocycles. The van der Waals surface area contributed by atoms with Crippen molar-refractivity contribution < 1.29 is 14.6 Å². The number of aromatic amines is 1. The summed E-state index contributed by atoms with van der Waals surface area (Å²) in [6, 6.07) is 11.1. The average Bonchev–Trinajstić information content (AvgIpc) is 3.07. The first-order chi connectivity index (χ1) is 13.5. The number of aliphatic carboxylic acids is 1. The maximum absolute atomic E-state index is 11.9. The summed E-state index contributed by atoms with van der Waals surface area (Å²) in [5.74, 6) is -0.135. The summed E-state index contributed by atoms with van der Waals surface area (Å²) in [7, 11) is 0. The molecule has 0 saturated heterocycles. The molecule has 3 aromatic rings. The van der Waals surface area contributed by atoms with Crippen molar-refractivity contribution in [3.05, 3.63) is 62.7 Å². The smallest absolute Gasteiger partial charge is 0.321 e. The van der Waals surface area contributed by atoms with Gasteiger partial charge in [0.25, 0.3) is 0 Å². The second-order valence-electron chi connectivity index (χ2n) is 6.56. The standard InChI is InChI=1S/C21H22Br2N2O3/c1-2-7-28-20-14(8-15(22)10-17(20)23)12-25-19(21(26)27)9-13-11-24-18-6-4-3-5-16(13)18/h3-6,8,10-11,19,24-25H,2,7,9,12H2,1H3,(H,26,27). The van der Waals surface area contributed by atoms with E-state index >= 15 is 0 Å². The minimum atomic E-state index is -0.879. The van der Waals surface area contributed by atoms with E-state index in [0.29, 0.717) is 19.6 Å². The molecule has 1 unspecified atom stereocenters. The van der Waals surface area contributed by atoms with Gasteiger partial charge in [-0.2, -0.15) is 0 Å². The van der Waals surface area contributed by atoms with Crippen LogP contribution in [0.3, 0.4) is 0 Å². The molecule has 0 amide bonds. The van der Waals surface area contributed by atoms with Crippen LogP contribution >= 0.6 is 31.9 Å². The van der Waals surface area contributed by atoms with Crippen molar-refractivity contribution in [2.75, 3.05) is 6.61 Å². The number of benzene rings is 2. The van der Waals surface area contributed by atoms with Crippen LogP contribution in [-0.2, 0) is 17.8 Å². The monoisotopic (exact) mass is 508 g/mol. The Kier molecular flexibility index (Phi) is 7.15. The minimum absolute atomic E-state index is 0.385. The molecule has 0 aliphatic heterocycles. The highest BCUT2D eigenvalue weighted by Gasteiger charge is 2.20. The first-order valence-electron chi connectivity index (χ1n) is 9.11. The first kappa shape index (κ1) is 20.9. The van der Waals surface area contributed by atoms with E-state index in [1.54, 1.807) is 0 Å². The van der Waals surface area contributed by atoms with Gasteiger partial charge in [0.15, 0.2) is 0 Å². The fourth-order valence-electron chi connectivity index (χ4n) is 3.11. The Labute approximate surface area is 180 Å². The van der Waals surface area contributed by atoms with Crippen LogP contribution in [0.2, 0.25) is 0 Å². The van der Waals surface area contributed by atoms with Gasteiger partial charge in [-0.15, -0.1) is 0 Å². The van der Waals surface area contributed by atoms with Crippen LogP contribution < -0.4 is 10.1 Å². The third-order valence-corrected chi connectivity index (χ3v) is 5.52. The summed E-state index contributed by atoms with van der Waals surface area (Å²) >= 11 is 7.03. The fraction of sp³-hybridized carbons (Fsp3) is 0.286. The molecule has 0 aliphatic rings. The van der Waals surface area contributed by atoms with Crippen molar-refractivity contribution in [1.29, 1.82) is 0 Å². The minimum Gasteiger partial charge on any atom is -0.492 e. The number of rotatable bonds is 9. The zero-order chi connectivity index (χ0) is 20.1. The van der Waals surface area contributed by atoms with Gasteiger partial charge in [0.05, 0.1) is 11.1 Å². The fourth-order valence-corrected chi connectivity index (χ4v) is 4.54. The maximum Gasteiger partial charge on any atom is 0.321 e. The summed E-state index contributed by atoms with van der Waals surface area (Å²) < 4.78 is 7.62. The Morgan fingerprint density at radius 2 is 2.04 bits per heavy atom. The van der Waals surface area contributed by atoms with E-state index in [9.17, 15) is 9.90 Å². The highest BCUT2D eigenvalue weighted by Crippen LogP contribution is 2.33. The number of carbonyl (C=O) groups is 1. The van der Waals surface area contributed by atoms with Crippen LogP contribution in [0.4, 0.5) is 0 Å². The lowest BCUT2D eigenvalue weighted by molar-refractivity contribution is -0.139. The number of halogens is 2. The number of ether oxygens (including phenoxy) is 1. The Bertz CT molecular complexity index is 971. The van der Waals surface area contributed by atoms with Gasteiger partial charge in [-0.3, -0.25) is 10.1 Å². The molecule has 7 heteroatoms. The second kappa shape index (κ2) is 9.58. The molecule has 148 valence electrons.